The van der Waals surface area contributed by atoms with Crippen molar-refractivity contribution >= 4 is 21.6 Å². The molecule has 2 rings (SSSR count). The number of halogens is 1. The van der Waals surface area contributed by atoms with Crippen LogP contribution in [0.2, 0.25) is 0 Å². The predicted octanol–water partition coefficient (Wildman–Crippen LogP) is 1.12. The molecule has 1 atom stereocenters. The molecule has 110 valence electrons. The number of hydrogen-bond acceptors (Lipinski definition) is 3. The van der Waals surface area contributed by atoms with Crippen molar-refractivity contribution in [1.29, 1.82) is 0 Å². The van der Waals surface area contributed by atoms with Gasteiger partial charge in [0.05, 0.1) is 5.75 Å². The summed E-state index contributed by atoms with van der Waals surface area (Å²) in [4.78, 5) is 13.5. The second-order valence-corrected chi connectivity index (χ2v) is 6.90. The minimum atomic E-state index is -3.24. The van der Waals surface area contributed by atoms with Crippen LogP contribution in [0.5, 0.6) is 0 Å². The first-order chi connectivity index (χ1) is 9.41. The summed E-state index contributed by atoms with van der Waals surface area (Å²) >= 11 is 0. The summed E-state index contributed by atoms with van der Waals surface area (Å²) in [5, 5.41) is 0. The van der Waals surface area contributed by atoms with Crippen molar-refractivity contribution in [3.8, 4) is 0 Å². The Morgan fingerprint density at radius 1 is 1.35 bits per heavy atom. The third-order valence-corrected chi connectivity index (χ3v) is 4.68. The molecule has 1 aliphatic rings. The minimum absolute atomic E-state index is 0.0232. The molecule has 0 aromatic heterocycles. The maximum Gasteiger partial charge on any atom is 0.227 e. The highest BCUT2D eigenvalue weighted by molar-refractivity contribution is 7.89. The summed E-state index contributed by atoms with van der Waals surface area (Å²) in [6.45, 7) is 2.25. The lowest BCUT2D eigenvalue weighted by Crippen LogP contribution is -2.32. The minimum Gasteiger partial charge on any atom is -0.312 e. The van der Waals surface area contributed by atoms with Gasteiger partial charge in [0.25, 0.3) is 0 Å². The van der Waals surface area contributed by atoms with E-state index in [0.29, 0.717) is 18.7 Å². The third-order valence-electron chi connectivity index (χ3n) is 3.32. The second kappa shape index (κ2) is 5.88. The molecule has 0 radical (unpaired) electrons. The zero-order chi connectivity index (χ0) is 14.8. The highest BCUT2D eigenvalue weighted by atomic mass is 32.2. The van der Waals surface area contributed by atoms with E-state index in [2.05, 4.69) is 4.72 Å². The van der Waals surface area contributed by atoms with E-state index in [9.17, 15) is 17.6 Å². The fraction of sp³-hybridized carbons (Fsp3) is 0.462. The maximum atomic E-state index is 12.9. The van der Waals surface area contributed by atoms with Gasteiger partial charge in [0.2, 0.25) is 15.9 Å². The Morgan fingerprint density at radius 3 is 2.60 bits per heavy atom. The van der Waals surface area contributed by atoms with Gasteiger partial charge in [-0.2, -0.15) is 0 Å². The van der Waals surface area contributed by atoms with Gasteiger partial charge in [-0.15, -0.1) is 0 Å². The van der Waals surface area contributed by atoms with Crippen molar-refractivity contribution in [3.05, 3.63) is 30.1 Å². The fourth-order valence-corrected chi connectivity index (χ4v) is 2.83. The van der Waals surface area contributed by atoms with Crippen molar-refractivity contribution in [2.75, 3.05) is 23.7 Å². The molecule has 1 aromatic carbocycles. The van der Waals surface area contributed by atoms with E-state index < -0.39 is 10.0 Å². The van der Waals surface area contributed by atoms with Crippen molar-refractivity contribution in [3.63, 3.8) is 0 Å². The molecule has 1 fully saturated rings. The highest BCUT2D eigenvalue weighted by Crippen LogP contribution is 2.24. The number of rotatable bonds is 5. The summed E-state index contributed by atoms with van der Waals surface area (Å²) in [6, 6.07) is 5.70. The molecule has 5 nitrogen and oxygen atoms in total. The molecule has 1 unspecified atom stereocenters. The number of nitrogens with zero attached hydrogens (tertiary/aromatic N) is 1. The van der Waals surface area contributed by atoms with Gasteiger partial charge in [-0.25, -0.2) is 17.5 Å². The van der Waals surface area contributed by atoms with Gasteiger partial charge < -0.3 is 4.90 Å². The Morgan fingerprint density at radius 2 is 2.00 bits per heavy atom. The molecule has 0 saturated carbocycles. The fourth-order valence-electron chi connectivity index (χ4n) is 2.14. The van der Waals surface area contributed by atoms with Gasteiger partial charge in [-0.3, -0.25) is 4.79 Å². The standard InChI is InChI=1S/C13H17FN2O3S/c1-2-20(18,19)15-8-10-7-13(17)16(9-10)12-5-3-11(14)4-6-12/h3-6,10,15H,2,7-9H2,1H3. The summed E-state index contributed by atoms with van der Waals surface area (Å²) < 4.78 is 38.1. The van der Waals surface area contributed by atoms with Crippen LogP contribution >= 0.6 is 0 Å². The molecule has 20 heavy (non-hydrogen) atoms. The van der Waals surface area contributed by atoms with Crippen LogP contribution in [0.15, 0.2) is 24.3 Å². The maximum absolute atomic E-state index is 12.9. The highest BCUT2D eigenvalue weighted by Gasteiger charge is 2.31. The Kier molecular flexibility index (Phi) is 4.39. The number of benzene rings is 1. The zero-order valence-corrected chi connectivity index (χ0v) is 12.0. The number of anilines is 1. The number of sulfonamides is 1. The number of carbonyl (C=O) groups excluding carboxylic acids is 1. The van der Waals surface area contributed by atoms with E-state index in [1.54, 1.807) is 24.0 Å². The molecular formula is C13H17FN2O3S. The van der Waals surface area contributed by atoms with E-state index in [-0.39, 0.29) is 29.9 Å². The van der Waals surface area contributed by atoms with Crippen LogP contribution in [0.3, 0.4) is 0 Å². The molecule has 7 heteroatoms. The van der Waals surface area contributed by atoms with E-state index in [4.69, 9.17) is 0 Å². The van der Waals surface area contributed by atoms with Crippen molar-refractivity contribution < 1.29 is 17.6 Å². The van der Waals surface area contributed by atoms with Crippen LogP contribution in [-0.4, -0.2) is 33.2 Å². The van der Waals surface area contributed by atoms with Crippen LogP contribution in [0.25, 0.3) is 0 Å². The normalized spacial score (nSPS) is 19.6. The zero-order valence-electron chi connectivity index (χ0n) is 11.2. The summed E-state index contributed by atoms with van der Waals surface area (Å²) in [5.74, 6) is -0.464. The number of hydrogen-bond donors (Lipinski definition) is 1. The number of nitrogens with one attached hydrogen (secondary N) is 1. The van der Waals surface area contributed by atoms with E-state index >= 15 is 0 Å². The lowest BCUT2D eigenvalue weighted by Gasteiger charge is -2.16. The SMILES string of the molecule is CCS(=O)(=O)NCC1CC(=O)N(c2ccc(F)cc2)C1. The summed E-state index contributed by atoms with van der Waals surface area (Å²) in [5.41, 5.74) is 0.636. The molecule has 0 bridgehead atoms. The Bertz CT molecular complexity index is 586. The number of carbonyl (C=O) groups is 1. The van der Waals surface area contributed by atoms with Crippen molar-refractivity contribution in [1.82, 2.24) is 4.72 Å². The quantitative estimate of drug-likeness (QED) is 0.886. The lowest BCUT2D eigenvalue weighted by molar-refractivity contribution is -0.117. The van der Waals surface area contributed by atoms with Gasteiger partial charge in [0, 0.05) is 25.2 Å². The van der Waals surface area contributed by atoms with E-state index in [0.717, 1.165) is 0 Å². The molecule has 1 aromatic rings. The average Bonchev–Trinajstić information content (AvgIpc) is 2.79. The molecule has 0 aliphatic carbocycles. The molecule has 1 heterocycles. The largest absolute Gasteiger partial charge is 0.312 e. The van der Waals surface area contributed by atoms with Gasteiger partial charge >= 0.3 is 0 Å². The first kappa shape index (κ1) is 14.9. The van der Waals surface area contributed by atoms with Crippen LogP contribution in [0.1, 0.15) is 13.3 Å². The Labute approximate surface area is 117 Å². The summed E-state index contributed by atoms with van der Waals surface area (Å²) in [7, 11) is -3.24. The van der Waals surface area contributed by atoms with Crippen LogP contribution in [0, 0.1) is 11.7 Å². The monoisotopic (exact) mass is 300 g/mol. The van der Waals surface area contributed by atoms with Crippen LogP contribution in [-0.2, 0) is 14.8 Å². The predicted molar refractivity (Wildman–Crippen MR) is 74.3 cm³/mol. The first-order valence-electron chi connectivity index (χ1n) is 6.44. The molecule has 1 amide bonds. The first-order valence-corrected chi connectivity index (χ1v) is 8.10. The topological polar surface area (TPSA) is 66.5 Å². The molecule has 1 N–H and O–H groups in total. The van der Waals surface area contributed by atoms with Gasteiger partial charge in [-0.1, -0.05) is 0 Å². The number of amides is 1. The van der Waals surface area contributed by atoms with Crippen LogP contribution < -0.4 is 9.62 Å². The van der Waals surface area contributed by atoms with Crippen molar-refractivity contribution in [2.45, 2.75) is 13.3 Å². The van der Waals surface area contributed by atoms with E-state index in [1.165, 1.54) is 12.1 Å². The van der Waals surface area contributed by atoms with Crippen molar-refractivity contribution in [2.24, 2.45) is 5.92 Å². The van der Waals surface area contributed by atoms with Gasteiger partial charge in [0.15, 0.2) is 0 Å². The lowest BCUT2D eigenvalue weighted by atomic mass is 10.1. The average molecular weight is 300 g/mol. The molecule has 1 aliphatic heterocycles. The Balaban J connectivity index is 1.99. The molecule has 1 saturated heterocycles. The summed E-state index contributed by atoms with van der Waals surface area (Å²) in [6.07, 6.45) is 0.295. The molecule has 0 spiro atoms. The second-order valence-electron chi connectivity index (χ2n) is 4.80. The van der Waals surface area contributed by atoms with E-state index in [1.807, 2.05) is 0 Å². The molecular weight excluding hydrogens is 283 g/mol. The smallest absolute Gasteiger partial charge is 0.227 e. The van der Waals surface area contributed by atoms with Gasteiger partial charge in [-0.05, 0) is 37.1 Å². The third kappa shape index (κ3) is 3.55. The van der Waals surface area contributed by atoms with Crippen LogP contribution in [0.4, 0.5) is 10.1 Å². The Hall–Kier alpha value is -1.47. The van der Waals surface area contributed by atoms with Gasteiger partial charge in [0.1, 0.15) is 5.82 Å².